The highest BCUT2D eigenvalue weighted by molar-refractivity contribution is 7.85. The molecule has 1 unspecified atom stereocenters. The van der Waals surface area contributed by atoms with Crippen LogP contribution in [0.4, 0.5) is 0 Å². The minimum Gasteiger partial charge on any atom is -0.394 e. The Morgan fingerprint density at radius 3 is 1.55 bits per heavy atom. The number of nitrogens with zero attached hydrogens (tertiary/aromatic N) is 1. The van der Waals surface area contributed by atoms with Crippen molar-refractivity contribution < 1.29 is 43.6 Å². The summed E-state index contributed by atoms with van der Waals surface area (Å²) in [4.78, 5) is 1.91. The van der Waals surface area contributed by atoms with E-state index in [0.717, 1.165) is 19.4 Å². The highest BCUT2D eigenvalue weighted by Gasteiger charge is 2.30. The van der Waals surface area contributed by atoms with Crippen molar-refractivity contribution in [2.75, 3.05) is 32.5 Å². The van der Waals surface area contributed by atoms with E-state index in [-0.39, 0.29) is 6.54 Å². The first-order valence-electron chi connectivity index (χ1n) is 12.0. The molecular weight excluding hydrogens is 454 g/mol. The van der Waals surface area contributed by atoms with Gasteiger partial charge in [-0.05, 0) is 26.9 Å². The van der Waals surface area contributed by atoms with Gasteiger partial charge in [-0.1, -0.05) is 64.7 Å². The molecular formula is C22H49NO9S. The van der Waals surface area contributed by atoms with Gasteiger partial charge in [0.2, 0.25) is 0 Å². The molecule has 0 fully saturated rings. The lowest BCUT2D eigenvalue weighted by atomic mass is 10.0. The standard InChI is InChI=1S/C19H41NO5.C3H8O4S/c1-3-4-5-6-7-8-9-10-11-12-13-20(2)14-16(22)18(24)19(25)17(23)15-21;1-3(4)2-8(5,6)7/h16-19,21-25H,3-15H2,1-2H3;3-4H,2H2,1H3,(H,5,6,7)/t16-,17+,18+,19+;/m0./s1. The summed E-state index contributed by atoms with van der Waals surface area (Å²) >= 11 is 0. The summed E-state index contributed by atoms with van der Waals surface area (Å²) in [5.41, 5.74) is 0. The molecule has 0 aromatic carbocycles. The zero-order chi connectivity index (χ0) is 25.9. The van der Waals surface area contributed by atoms with E-state index in [4.69, 9.17) is 14.8 Å². The van der Waals surface area contributed by atoms with Crippen molar-refractivity contribution in [1.82, 2.24) is 4.90 Å². The summed E-state index contributed by atoms with van der Waals surface area (Å²) in [6, 6.07) is 0. The molecule has 0 aromatic heterocycles. The van der Waals surface area contributed by atoms with Gasteiger partial charge < -0.3 is 35.5 Å². The zero-order valence-electron chi connectivity index (χ0n) is 20.6. The number of aliphatic hydroxyl groups is 6. The fourth-order valence-electron chi connectivity index (χ4n) is 3.26. The second kappa shape index (κ2) is 21.0. The summed E-state index contributed by atoms with van der Waals surface area (Å²) in [5, 5.41) is 55.7. The van der Waals surface area contributed by atoms with E-state index >= 15 is 0 Å². The van der Waals surface area contributed by atoms with Crippen LogP contribution in [0.5, 0.6) is 0 Å². The molecule has 33 heavy (non-hydrogen) atoms. The van der Waals surface area contributed by atoms with E-state index in [0.29, 0.717) is 0 Å². The molecule has 0 radical (unpaired) electrons. The maximum absolute atomic E-state index is 9.92. The number of rotatable bonds is 19. The van der Waals surface area contributed by atoms with Gasteiger partial charge in [-0.3, -0.25) is 4.55 Å². The minimum atomic E-state index is -3.97. The Morgan fingerprint density at radius 2 is 1.18 bits per heavy atom. The maximum atomic E-state index is 9.92. The molecule has 202 valence electrons. The van der Waals surface area contributed by atoms with Crippen LogP contribution in [0, 0.1) is 0 Å². The predicted molar refractivity (Wildman–Crippen MR) is 129 cm³/mol. The fourth-order valence-corrected chi connectivity index (χ4v) is 3.87. The SMILES string of the molecule is CC(O)CS(=O)(=O)O.CCCCCCCCCCCCN(C)C[C@H](O)[C@@H](O)[C@H](O)[C@H](O)CO. The summed E-state index contributed by atoms with van der Waals surface area (Å²) in [6.07, 6.45) is 6.09. The predicted octanol–water partition coefficient (Wildman–Crippen LogP) is 0.530. The lowest BCUT2D eigenvalue weighted by Gasteiger charge is -2.28. The Morgan fingerprint density at radius 1 is 0.758 bits per heavy atom. The van der Waals surface area contributed by atoms with E-state index in [9.17, 15) is 28.8 Å². The summed E-state index contributed by atoms with van der Waals surface area (Å²) in [5.74, 6) is -0.590. The second-order valence-electron chi connectivity index (χ2n) is 8.84. The molecule has 5 atom stereocenters. The summed E-state index contributed by atoms with van der Waals surface area (Å²) < 4.78 is 27.7. The summed E-state index contributed by atoms with van der Waals surface area (Å²) in [6.45, 7) is 3.90. The van der Waals surface area contributed by atoms with Crippen LogP contribution in [0.3, 0.4) is 0 Å². The zero-order valence-corrected chi connectivity index (χ0v) is 21.4. The molecule has 11 heteroatoms. The molecule has 0 bridgehead atoms. The van der Waals surface area contributed by atoms with Crippen LogP contribution in [-0.2, 0) is 10.1 Å². The molecule has 0 aromatic rings. The number of hydrogen-bond donors (Lipinski definition) is 7. The highest BCUT2D eigenvalue weighted by Crippen LogP contribution is 2.11. The topological polar surface area (TPSA) is 179 Å². The quantitative estimate of drug-likeness (QED) is 0.0971. The van der Waals surface area contributed by atoms with E-state index in [1.807, 2.05) is 11.9 Å². The van der Waals surface area contributed by atoms with Crippen molar-refractivity contribution in [2.45, 2.75) is 109 Å². The Hall–Kier alpha value is -0.370. The molecule has 0 amide bonds. The first kappa shape index (κ1) is 34.8. The molecule has 0 aliphatic rings. The second-order valence-corrected chi connectivity index (χ2v) is 10.3. The minimum absolute atomic E-state index is 0.216. The number of hydrogen-bond acceptors (Lipinski definition) is 9. The molecule has 0 aliphatic heterocycles. The monoisotopic (exact) mass is 503 g/mol. The number of unbranched alkanes of at least 4 members (excludes halogenated alkanes) is 9. The molecule has 0 saturated carbocycles. The molecule has 7 N–H and O–H groups in total. The van der Waals surface area contributed by atoms with Crippen molar-refractivity contribution in [3.8, 4) is 0 Å². The van der Waals surface area contributed by atoms with Gasteiger partial charge in [0, 0.05) is 6.54 Å². The van der Waals surface area contributed by atoms with Gasteiger partial charge in [-0.15, -0.1) is 0 Å². The lowest BCUT2D eigenvalue weighted by Crippen LogP contribution is -2.49. The van der Waals surface area contributed by atoms with Gasteiger partial charge in [0.25, 0.3) is 10.1 Å². The van der Waals surface area contributed by atoms with Gasteiger partial charge in [0.05, 0.1) is 18.8 Å². The first-order chi connectivity index (χ1) is 15.4. The Bertz CT molecular complexity index is 534. The molecule has 10 nitrogen and oxygen atoms in total. The molecule has 0 heterocycles. The van der Waals surface area contributed by atoms with Crippen LogP contribution in [0.1, 0.15) is 78.1 Å². The molecule has 0 rings (SSSR count). The third-order valence-corrected chi connectivity index (χ3v) is 6.07. The number of aliphatic hydroxyl groups excluding tert-OH is 6. The van der Waals surface area contributed by atoms with Crippen molar-refractivity contribution >= 4 is 10.1 Å². The van der Waals surface area contributed by atoms with E-state index in [1.165, 1.54) is 58.3 Å². The van der Waals surface area contributed by atoms with Crippen LogP contribution in [0.25, 0.3) is 0 Å². The van der Waals surface area contributed by atoms with Gasteiger partial charge in [0.1, 0.15) is 24.1 Å². The number of likely N-dealkylation sites (N-methyl/N-ethyl adjacent to an activating group) is 1. The third kappa shape index (κ3) is 23.2. The largest absolute Gasteiger partial charge is 0.394 e. The Labute approximate surface area is 200 Å². The Balaban J connectivity index is 0. The van der Waals surface area contributed by atoms with Gasteiger partial charge in [-0.2, -0.15) is 8.42 Å². The van der Waals surface area contributed by atoms with Crippen molar-refractivity contribution in [1.29, 1.82) is 0 Å². The highest BCUT2D eigenvalue weighted by atomic mass is 32.2. The van der Waals surface area contributed by atoms with Crippen molar-refractivity contribution in [2.24, 2.45) is 0 Å². The van der Waals surface area contributed by atoms with Gasteiger partial charge >= 0.3 is 0 Å². The van der Waals surface area contributed by atoms with Crippen LogP contribution in [0.2, 0.25) is 0 Å². The van der Waals surface area contributed by atoms with Crippen molar-refractivity contribution in [3.05, 3.63) is 0 Å². The first-order valence-corrected chi connectivity index (χ1v) is 13.6. The lowest BCUT2D eigenvalue weighted by molar-refractivity contribution is -0.118. The third-order valence-electron chi connectivity index (χ3n) is 5.17. The molecule has 0 saturated heterocycles. The fraction of sp³-hybridized carbons (Fsp3) is 1.00. The maximum Gasteiger partial charge on any atom is 0.267 e. The summed E-state index contributed by atoms with van der Waals surface area (Å²) in [7, 11) is -2.11. The average Bonchev–Trinajstić information content (AvgIpc) is 2.71. The van der Waals surface area contributed by atoms with E-state index in [1.54, 1.807) is 0 Å². The molecule has 0 aliphatic carbocycles. The Kier molecular flexibility index (Phi) is 22.1. The molecule has 0 spiro atoms. The van der Waals surface area contributed by atoms with Gasteiger partial charge in [0.15, 0.2) is 0 Å². The van der Waals surface area contributed by atoms with Crippen LogP contribution < -0.4 is 0 Å². The normalized spacial score (nSPS) is 16.6. The van der Waals surface area contributed by atoms with Crippen LogP contribution in [0.15, 0.2) is 0 Å². The van der Waals surface area contributed by atoms with Crippen LogP contribution in [-0.4, -0.2) is 112 Å². The van der Waals surface area contributed by atoms with Crippen LogP contribution >= 0.6 is 0 Å². The van der Waals surface area contributed by atoms with Gasteiger partial charge in [-0.25, -0.2) is 0 Å². The smallest absolute Gasteiger partial charge is 0.267 e. The van der Waals surface area contributed by atoms with E-state index in [2.05, 4.69) is 6.92 Å². The average molecular weight is 504 g/mol. The van der Waals surface area contributed by atoms with Crippen molar-refractivity contribution in [3.63, 3.8) is 0 Å². The van der Waals surface area contributed by atoms with E-state index < -0.39 is 53.0 Å².